The predicted molar refractivity (Wildman–Crippen MR) is 98.6 cm³/mol. The van der Waals surface area contributed by atoms with Crippen molar-refractivity contribution in [3.63, 3.8) is 0 Å². The Hall–Kier alpha value is -3.05. The highest BCUT2D eigenvalue weighted by Gasteiger charge is 2.29. The number of carbonyl (C=O) groups excluding carboxylic acids is 2. The summed E-state index contributed by atoms with van der Waals surface area (Å²) in [6.07, 6.45) is -0.491. The molecule has 1 unspecified atom stereocenters. The third-order valence-electron chi connectivity index (χ3n) is 4.42. The second-order valence-electron chi connectivity index (χ2n) is 6.29. The molecule has 29 heavy (non-hydrogen) atoms. The van der Waals surface area contributed by atoms with Crippen LogP contribution in [-0.2, 0) is 20.8 Å². The van der Waals surface area contributed by atoms with Crippen molar-refractivity contribution in [2.45, 2.75) is 12.6 Å². The molecule has 1 aromatic carbocycles. The van der Waals surface area contributed by atoms with E-state index < -0.39 is 12.1 Å². The van der Waals surface area contributed by atoms with Gasteiger partial charge in [0.2, 0.25) is 5.82 Å². The number of benzene rings is 1. The summed E-state index contributed by atoms with van der Waals surface area (Å²) in [7, 11) is 4.34. The van der Waals surface area contributed by atoms with Crippen molar-refractivity contribution in [2.24, 2.45) is 0 Å². The number of amides is 1. The SMILES string of the molecule is COCCn1nnc(C2CN(C(=O)c3cc(OC)cc(C(=O)OC)c3)CCO2)n1. The van der Waals surface area contributed by atoms with Crippen LogP contribution in [0.1, 0.15) is 32.6 Å². The highest BCUT2D eigenvalue weighted by atomic mass is 16.5. The summed E-state index contributed by atoms with van der Waals surface area (Å²) in [4.78, 5) is 28.0. The molecule has 1 aliphatic heterocycles. The first-order valence-corrected chi connectivity index (χ1v) is 9.00. The lowest BCUT2D eigenvalue weighted by atomic mass is 10.1. The molecule has 1 fully saturated rings. The van der Waals surface area contributed by atoms with E-state index in [0.717, 1.165) is 0 Å². The van der Waals surface area contributed by atoms with Crippen LogP contribution in [-0.4, -0.2) is 84.6 Å². The molecular weight excluding hydrogens is 382 g/mol. The van der Waals surface area contributed by atoms with Crippen molar-refractivity contribution in [1.82, 2.24) is 25.1 Å². The molecule has 1 saturated heterocycles. The zero-order valence-electron chi connectivity index (χ0n) is 16.5. The Morgan fingerprint density at radius 2 is 2.00 bits per heavy atom. The van der Waals surface area contributed by atoms with Crippen molar-refractivity contribution in [2.75, 3.05) is 47.6 Å². The standard InChI is InChI=1S/C18H23N5O6/c1-26-6-5-23-20-16(19-21-23)15-11-22(4-7-29-15)17(24)12-8-13(18(25)28-3)10-14(9-12)27-2/h8-10,15H,4-7,11H2,1-3H3. The zero-order chi connectivity index (χ0) is 20.8. The first-order chi connectivity index (χ1) is 14.0. The van der Waals surface area contributed by atoms with Crippen LogP contribution in [0.4, 0.5) is 0 Å². The van der Waals surface area contributed by atoms with Crippen LogP contribution >= 0.6 is 0 Å². The van der Waals surface area contributed by atoms with Crippen molar-refractivity contribution in [1.29, 1.82) is 0 Å². The lowest BCUT2D eigenvalue weighted by Gasteiger charge is -2.31. The fraction of sp³-hybridized carbons (Fsp3) is 0.500. The van der Waals surface area contributed by atoms with Gasteiger partial charge in [-0.2, -0.15) is 4.80 Å². The van der Waals surface area contributed by atoms with E-state index in [2.05, 4.69) is 15.4 Å². The fourth-order valence-corrected chi connectivity index (χ4v) is 2.90. The first-order valence-electron chi connectivity index (χ1n) is 9.00. The van der Waals surface area contributed by atoms with E-state index in [1.54, 1.807) is 18.1 Å². The second kappa shape index (κ2) is 9.43. The van der Waals surface area contributed by atoms with Crippen molar-refractivity contribution in [3.05, 3.63) is 35.2 Å². The topological polar surface area (TPSA) is 118 Å². The molecule has 0 saturated carbocycles. The number of morpholine rings is 1. The van der Waals surface area contributed by atoms with E-state index in [4.69, 9.17) is 18.9 Å². The van der Waals surface area contributed by atoms with Crippen LogP contribution in [0.3, 0.4) is 0 Å². The van der Waals surface area contributed by atoms with Crippen molar-refractivity contribution in [3.8, 4) is 5.75 Å². The van der Waals surface area contributed by atoms with Crippen LogP contribution < -0.4 is 4.74 Å². The number of methoxy groups -OCH3 is 3. The maximum atomic E-state index is 13.0. The maximum absolute atomic E-state index is 13.0. The number of hydrogen-bond acceptors (Lipinski definition) is 9. The quantitative estimate of drug-likeness (QED) is 0.600. The van der Waals surface area contributed by atoms with Gasteiger partial charge in [0, 0.05) is 19.2 Å². The minimum atomic E-state index is -0.547. The Morgan fingerprint density at radius 3 is 2.72 bits per heavy atom. The molecule has 1 amide bonds. The van der Waals surface area contributed by atoms with E-state index in [0.29, 0.717) is 43.4 Å². The van der Waals surface area contributed by atoms with E-state index in [1.807, 2.05) is 0 Å². The average molecular weight is 405 g/mol. The number of tetrazole rings is 1. The number of esters is 1. The third-order valence-corrected chi connectivity index (χ3v) is 4.42. The number of hydrogen-bond donors (Lipinski definition) is 0. The van der Waals surface area contributed by atoms with E-state index >= 15 is 0 Å². The van der Waals surface area contributed by atoms with Crippen LogP contribution in [0.15, 0.2) is 18.2 Å². The Bertz CT molecular complexity index is 870. The summed E-state index contributed by atoms with van der Waals surface area (Å²) in [5.74, 6) is -0.00730. The molecule has 2 aromatic rings. The van der Waals surface area contributed by atoms with Gasteiger partial charge in [-0.1, -0.05) is 0 Å². The summed E-state index contributed by atoms with van der Waals surface area (Å²) in [6.45, 7) is 1.93. The molecule has 3 rings (SSSR count). The lowest BCUT2D eigenvalue weighted by molar-refractivity contribution is -0.0269. The highest BCUT2D eigenvalue weighted by molar-refractivity contribution is 5.98. The normalized spacial score (nSPS) is 16.5. The molecular formula is C18H23N5O6. The van der Waals surface area contributed by atoms with Gasteiger partial charge in [-0.15, -0.1) is 10.2 Å². The van der Waals surface area contributed by atoms with E-state index in [-0.39, 0.29) is 18.0 Å². The first kappa shape index (κ1) is 20.7. The summed E-state index contributed by atoms with van der Waals surface area (Å²) >= 11 is 0. The maximum Gasteiger partial charge on any atom is 0.338 e. The number of aromatic nitrogens is 4. The van der Waals surface area contributed by atoms with Crippen LogP contribution in [0.5, 0.6) is 5.75 Å². The van der Waals surface area contributed by atoms with Gasteiger partial charge in [0.15, 0.2) is 0 Å². The van der Waals surface area contributed by atoms with Crippen LogP contribution in [0.25, 0.3) is 0 Å². The lowest BCUT2D eigenvalue weighted by Crippen LogP contribution is -2.42. The Morgan fingerprint density at radius 1 is 1.21 bits per heavy atom. The van der Waals surface area contributed by atoms with Gasteiger partial charge in [-0.05, 0) is 23.4 Å². The Kier molecular flexibility index (Phi) is 6.73. The number of carbonyl (C=O) groups is 2. The largest absolute Gasteiger partial charge is 0.497 e. The predicted octanol–water partition coefficient (Wildman–Crippen LogP) is 0.328. The minimum Gasteiger partial charge on any atom is -0.497 e. The van der Waals surface area contributed by atoms with Gasteiger partial charge in [0.05, 0.1) is 46.1 Å². The summed E-state index contributed by atoms with van der Waals surface area (Å²) in [5.41, 5.74) is 0.560. The molecule has 0 N–H and O–H groups in total. The Labute approximate surface area is 167 Å². The van der Waals surface area contributed by atoms with Gasteiger partial charge < -0.3 is 23.8 Å². The van der Waals surface area contributed by atoms with Gasteiger partial charge in [-0.3, -0.25) is 4.79 Å². The average Bonchev–Trinajstić information content (AvgIpc) is 3.25. The second-order valence-corrected chi connectivity index (χ2v) is 6.29. The van der Waals surface area contributed by atoms with Gasteiger partial charge in [0.25, 0.3) is 5.91 Å². The number of rotatable bonds is 7. The van der Waals surface area contributed by atoms with Gasteiger partial charge >= 0.3 is 5.97 Å². The monoisotopic (exact) mass is 405 g/mol. The molecule has 11 nitrogen and oxygen atoms in total. The molecule has 1 atom stereocenters. The molecule has 1 aliphatic rings. The zero-order valence-corrected chi connectivity index (χ0v) is 16.5. The molecule has 1 aromatic heterocycles. The van der Waals surface area contributed by atoms with Crippen LogP contribution in [0.2, 0.25) is 0 Å². The van der Waals surface area contributed by atoms with Gasteiger partial charge in [-0.25, -0.2) is 4.79 Å². The molecule has 0 radical (unpaired) electrons. The third kappa shape index (κ3) is 4.87. The highest BCUT2D eigenvalue weighted by Crippen LogP contribution is 2.23. The number of ether oxygens (including phenoxy) is 4. The summed E-state index contributed by atoms with van der Waals surface area (Å²) < 4.78 is 20.7. The number of nitrogens with zero attached hydrogens (tertiary/aromatic N) is 5. The van der Waals surface area contributed by atoms with Crippen molar-refractivity contribution >= 4 is 11.9 Å². The van der Waals surface area contributed by atoms with E-state index in [1.165, 1.54) is 31.1 Å². The van der Waals surface area contributed by atoms with E-state index in [9.17, 15) is 9.59 Å². The fourth-order valence-electron chi connectivity index (χ4n) is 2.90. The summed E-state index contributed by atoms with van der Waals surface area (Å²) in [6, 6.07) is 4.59. The smallest absolute Gasteiger partial charge is 0.338 e. The van der Waals surface area contributed by atoms with Crippen molar-refractivity contribution < 1.29 is 28.5 Å². The molecule has 0 bridgehead atoms. The molecule has 0 spiro atoms. The molecule has 11 heteroatoms. The summed E-state index contributed by atoms with van der Waals surface area (Å²) in [5, 5.41) is 12.3. The minimum absolute atomic E-state index is 0.239. The van der Waals surface area contributed by atoms with Gasteiger partial charge in [0.1, 0.15) is 11.9 Å². The molecule has 2 heterocycles. The molecule has 156 valence electrons. The Balaban J connectivity index is 1.75. The molecule has 0 aliphatic carbocycles. The van der Waals surface area contributed by atoms with Crippen LogP contribution in [0, 0.1) is 0 Å².